The molecule has 0 unspecified atom stereocenters. The lowest BCUT2D eigenvalue weighted by atomic mass is 9.86. The Kier molecular flexibility index (Phi) is 6.08. The van der Waals surface area contributed by atoms with E-state index in [0.29, 0.717) is 18.5 Å². The van der Waals surface area contributed by atoms with E-state index in [2.05, 4.69) is 39.6 Å². The van der Waals surface area contributed by atoms with Crippen molar-refractivity contribution in [2.75, 3.05) is 32.7 Å². The molecule has 1 N–H and O–H groups in total. The lowest BCUT2D eigenvalue weighted by Gasteiger charge is -2.35. The quantitative estimate of drug-likeness (QED) is 0.898. The van der Waals surface area contributed by atoms with E-state index in [1.807, 2.05) is 11.3 Å². The van der Waals surface area contributed by atoms with E-state index in [0.717, 1.165) is 39.1 Å². The fourth-order valence-electron chi connectivity index (χ4n) is 3.71. The van der Waals surface area contributed by atoms with Crippen LogP contribution in [0.2, 0.25) is 0 Å². The SMILES string of the molecule is C[C@H]1CCCC[C@H]1NC(=O)CN1CCN(Cc2cccs2)CC1. The summed E-state index contributed by atoms with van der Waals surface area (Å²) in [4.78, 5) is 18.5. The Labute approximate surface area is 143 Å². The van der Waals surface area contributed by atoms with E-state index in [1.54, 1.807) is 0 Å². The minimum Gasteiger partial charge on any atom is -0.352 e. The molecule has 0 bridgehead atoms. The first-order valence-corrected chi connectivity index (χ1v) is 9.85. The highest BCUT2D eigenvalue weighted by Gasteiger charge is 2.24. The zero-order chi connectivity index (χ0) is 16.1. The van der Waals surface area contributed by atoms with E-state index in [4.69, 9.17) is 0 Å². The smallest absolute Gasteiger partial charge is 0.234 e. The molecule has 1 saturated heterocycles. The maximum Gasteiger partial charge on any atom is 0.234 e. The average molecular weight is 336 g/mol. The van der Waals surface area contributed by atoms with Gasteiger partial charge in [-0.2, -0.15) is 0 Å². The lowest BCUT2D eigenvalue weighted by molar-refractivity contribution is -0.124. The van der Waals surface area contributed by atoms with Gasteiger partial charge >= 0.3 is 0 Å². The predicted molar refractivity (Wildman–Crippen MR) is 95.6 cm³/mol. The third kappa shape index (κ3) is 5.03. The molecule has 0 radical (unpaired) electrons. The molecule has 1 aromatic rings. The van der Waals surface area contributed by atoms with Gasteiger partial charge in [-0.25, -0.2) is 0 Å². The molecule has 2 atom stereocenters. The molecule has 23 heavy (non-hydrogen) atoms. The monoisotopic (exact) mass is 335 g/mol. The summed E-state index contributed by atoms with van der Waals surface area (Å²) >= 11 is 1.83. The van der Waals surface area contributed by atoms with Gasteiger partial charge in [0.1, 0.15) is 0 Å². The summed E-state index contributed by atoms with van der Waals surface area (Å²) in [5.41, 5.74) is 0. The fraction of sp³-hybridized carbons (Fsp3) is 0.722. The molecule has 5 heteroatoms. The van der Waals surface area contributed by atoms with Crippen molar-refractivity contribution in [2.45, 2.75) is 45.2 Å². The second kappa shape index (κ2) is 8.27. The number of rotatable bonds is 5. The van der Waals surface area contributed by atoms with Crippen molar-refractivity contribution in [3.8, 4) is 0 Å². The topological polar surface area (TPSA) is 35.6 Å². The molecular formula is C18H29N3OS. The van der Waals surface area contributed by atoms with Crippen LogP contribution in [-0.2, 0) is 11.3 Å². The number of thiophene rings is 1. The van der Waals surface area contributed by atoms with E-state index in [1.165, 1.54) is 24.1 Å². The summed E-state index contributed by atoms with van der Waals surface area (Å²) in [7, 11) is 0. The van der Waals surface area contributed by atoms with Crippen LogP contribution in [0.15, 0.2) is 17.5 Å². The summed E-state index contributed by atoms with van der Waals surface area (Å²) in [5.74, 6) is 0.853. The van der Waals surface area contributed by atoms with E-state index in [-0.39, 0.29) is 5.91 Å². The molecule has 1 aromatic heterocycles. The van der Waals surface area contributed by atoms with Gasteiger partial charge in [-0.15, -0.1) is 11.3 Å². The molecule has 128 valence electrons. The zero-order valence-electron chi connectivity index (χ0n) is 14.2. The minimum atomic E-state index is 0.218. The Morgan fingerprint density at radius 3 is 2.65 bits per heavy atom. The number of piperazine rings is 1. The van der Waals surface area contributed by atoms with Gasteiger partial charge in [-0.1, -0.05) is 25.8 Å². The molecule has 1 saturated carbocycles. The molecule has 1 aliphatic carbocycles. The number of hydrogen-bond acceptors (Lipinski definition) is 4. The molecular weight excluding hydrogens is 306 g/mol. The largest absolute Gasteiger partial charge is 0.352 e. The minimum absolute atomic E-state index is 0.218. The third-order valence-corrected chi connectivity index (χ3v) is 6.11. The van der Waals surface area contributed by atoms with Crippen molar-refractivity contribution < 1.29 is 4.79 Å². The Morgan fingerprint density at radius 1 is 1.22 bits per heavy atom. The molecule has 2 fully saturated rings. The Bertz CT molecular complexity index is 482. The first-order valence-electron chi connectivity index (χ1n) is 8.97. The Balaban J connectivity index is 1.37. The standard InChI is InChI=1S/C18H29N3OS/c1-15-5-2-3-7-17(15)19-18(22)14-21-10-8-20(9-11-21)13-16-6-4-12-23-16/h4,6,12,15,17H,2-3,5,7-11,13-14H2,1H3,(H,19,22)/t15-,17+/m0/s1. The normalized spacial score (nSPS) is 27.0. The Hall–Kier alpha value is -0.910. The van der Waals surface area contributed by atoms with Gasteiger partial charge in [-0.05, 0) is 30.2 Å². The van der Waals surface area contributed by atoms with Gasteiger partial charge in [0.25, 0.3) is 0 Å². The molecule has 2 aliphatic rings. The number of carbonyl (C=O) groups excluding carboxylic acids is 1. The van der Waals surface area contributed by atoms with Crippen LogP contribution in [0.3, 0.4) is 0 Å². The maximum absolute atomic E-state index is 12.3. The highest BCUT2D eigenvalue weighted by molar-refractivity contribution is 7.09. The molecule has 2 heterocycles. The lowest BCUT2D eigenvalue weighted by Crippen LogP contribution is -2.51. The summed E-state index contributed by atoms with van der Waals surface area (Å²) < 4.78 is 0. The summed E-state index contributed by atoms with van der Waals surface area (Å²) in [6.45, 7) is 8.01. The van der Waals surface area contributed by atoms with Crippen LogP contribution >= 0.6 is 11.3 Å². The van der Waals surface area contributed by atoms with Crippen molar-refractivity contribution >= 4 is 17.2 Å². The molecule has 4 nitrogen and oxygen atoms in total. The molecule has 1 amide bonds. The third-order valence-electron chi connectivity index (χ3n) is 5.25. The number of amides is 1. The van der Waals surface area contributed by atoms with Crippen molar-refractivity contribution in [3.63, 3.8) is 0 Å². The van der Waals surface area contributed by atoms with Crippen LogP contribution in [0, 0.1) is 5.92 Å². The van der Waals surface area contributed by atoms with Gasteiger partial charge in [0.15, 0.2) is 0 Å². The van der Waals surface area contributed by atoms with Crippen molar-refractivity contribution in [2.24, 2.45) is 5.92 Å². The van der Waals surface area contributed by atoms with Crippen molar-refractivity contribution in [1.82, 2.24) is 15.1 Å². The first-order chi connectivity index (χ1) is 11.2. The van der Waals surface area contributed by atoms with Gasteiger partial charge < -0.3 is 5.32 Å². The maximum atomic E-state index is 12.3. The molecule has 0 aromatic carbocycles. The fourth-order valence-corrected chi connectivity index (χ4v) is 4.46. The highest BCUT2D eigenvalue weighted by atomic mass is 32.1. The van der Waals surface area contributed by atoms with Crippen LogP contribution in [0.4, 0.5) is 0 Å². The second-order valence-electron chi connectivity index (χ2n) is 7.07. The van der Waals surface area contributed by atoms with Crippen LogP contribution < -0.4 is 5.32 Å². The summed E-state index contributed by atoms with van der Waals surface area (Å²) in [6.07, 6.45) is 4.99. The van der Waals surface area contributed by atoms with Crippen LogP contribution in [0.1, 0.15) is 37.5 Å². The first kappa shape index (κ1) is 16.9. The van der Waals surface area contributed by atoms with Crippen molar-refractivity contribution in [1.29, 1.82) is 0 Å². The van der Waals surface area contributed by atoms with Crippen LogP contribution in [0.25, 0.3) is 0 Å². The zero-order valence-corrected chi connectivity index (χ0v) is 15.0. The highest BCUT2D eigenvalue weighted by Crippen LogP contribution is 2.23. The van der Waals surface area contributed by atoms with E-state index in [9.17, 15) is 4.79 Å². The number of nitrogens with one attached hydrogen (secondary N) is 1. The number of hydrogen-bond donors (Lipinski definition) is 1. The molecule has 1 aliphatic heterocycles. The van der Waals surface area contributed by atoms with Gasteiger partial charge in [0.2, 0.25) is 5.91 Å². The van der Waals surface area contributed by atoms with Gasteiger partial charge in [-0.3, -0.25) is 14.6 Å². The molecule has 0 spiro atoms. The number of nitrogens with zero attached hydrogens (tertiary/aromatic N) is 2. The van der Waals surface area contributed by atoms with Gasteiger partial charge in [0, 0.05) is 43.6 Å². The predicted octanol–water partition coefficient (Wildman–Crippen LogP) is 2.56. The number of carbonyl (C=O) groups is 1. The van der Waals surface area contributed by atoms with Crippen molar-refractivity contribution in [3.05, 3.63) is 22.4 Å². The molecule has 3 rings (SSSR count). The van der Waals surface area contributed by atoms with Gasteiger partial charge in [0.05, 0.1) is 6.54 Å². The van der Waals surface area contributed by atoms with E-state index < -0.39 is 0 Å². The average Bonchev–Trinajstić information content (AvgIpc) is 3.04. The summed E-state index contributed by atoms with van der Waals surface area (Å²) in [5, 5.41) is 5.41. The van der Waals surface area contributed by atoms with Crippen LogP contribution in [-0.4, -0.2) is 54.5 Å². The summed E-state index contributed by atoms with van der Waals surface area (Å²) in [6, 6.07) is 4.72. The Morgan fingerprint density at radius 2 is 1.96 bits per heavy atom. The van der Waals surface area contributed by atoms with Crippen LogP contribution in [0.5, 0.6) is 0 Å². The second-order valence-corrected chi connectivity index (χ2v) is 8.10. The van der Waals surface area contributed by atoms with E-state index >= 15 is 0 Å².